The number of benzene rings is 1. The maximum absolute atomic E-state index is 13.3. The average Bonchev–Trinajstić information content (AvgIpc) is 2.68. The van der Waals surface area contributed by atoms with E-state index in [-0.39, 0.29) is 18.7 Å². The first kappa shape index (κ1) is 15.4. The molecule has 0 radical (unpaired) electrons. The fourth-order valence-corrected chi connectivity index (χ4v) is 3.06. The Kier molecular flexibility index (Phi) is 3.95. The molecule has 1 unspecified atom stereocenters. The van der Waals surface area contributed by atoms with E-state index in [2.05, 4.69) is 0 Å². The van der Waals surface area contributed by atoms with Crippen LogP contribution in [0.2, 0.25) is 0 Å². The molecule has 2 rings (SSSR count). The quantitative estimate of drug-likeness (QED) is 0.841. The molecule has 1 saturated heterocycles. The van der Waals surface area contributed by atoms with Crippen molar-refractivity contribution >= 4 is 27.8 Å². The number of halogens is 2. The highest BCUT2D eigenvalue weighted by Gasteiger charge is 2.34. The molecule has 1 amide bonds. The summed E-state index contributed by atoms with van der Waals surface area (Å²) in [7, 11) is -4.70. The first-order chi connectivity index (χ1) is 9.67. The van der Waals surface area contributed by atoms with Gasteiger partial charge in [-0.05, 0) is 18.2 Å². The van der Waals surface area contributed by atoms with E-state index in [0.29, 0.717) is 0 Å². The second-order valence-electron chi connectivity index (χ2n) is 4.75. The predicted octanol–water partition coefficient (Wildman–Crippen LogP) is 1.18. The summed E-state index contributed by atoms with van der Waals surface area (Å²) >= 11 is 0. The van der Waals surface area contributed by atoms with Crippen molar-refractivity contribution in [1.29, 1.82) is 0 Å². The molecule has 21 heavy (non-hydrogen) atoms. The van der Waals surface area contributed by atoms with Crippen molar-refractivity contribution in [2.45, 2.75) is 6.42 Å². The summed E-state index contributed by atoms with van der Waals surface area (Å²) in [6, 6.07) is 3.11. The summed E-state index contributed by atoms with van der Waals surface area (Å²) in [6.07, 6.45) is -0.164. The molecule has 1 fully saturated rings. The van der Waals surface area contributed by atoms with Gasteiger partial charge in [-0.2, -0.15) is 8.42 Å². The molecule has 1 N–H and O–H groups in total. The molecule has 0 aromatic heterocycles. The Balaban J connectivity index is 2.25. The summed E-state index contributed by atoms with van der Waals surface area (Å²) in [5, 5.41) is 8.83. The lowest BCUT2D eigenvalue weighted by Gasteiger charge is -2.17. The molecule has 1 aromatic rings. The van der Waals surface area contributed by atoms with Crippen LogP contribution in [-0.2, 0) is 15.0 Å². The van der Waals surface area contributed by atoms with Crippen molar-refractivity contribution < 1.29 is 31.4 Å². The molecule has 0 aliphatic carbocycles. The van der Waals surface area contributed by atoms with E-state index in [9.17, 15) is 26.3 Å². The molecule has 9 heteroatoms. The van der Waals surface area contributed by atoms with Crippen molar-refractivity contribution in [3.63, 3.8) is 0 Å². The van der Waals surface area contributed by atoms with E-state index in [0.717, 1.165) is 17.0 Å². The molecular weight excluding hydrogens is 308 g/mol. The minimum atomic E-state index is -4.70. The molecule has 1 aliphatic rings. The molecule has 1 aromatic carbocycles. The lowest BCUT2D eigenvalue weighted by molar-refractivity contribution is -0.117. The van der Waals surface area contributed by atoms with E-state index >= 15 is 0 Å². The lowest BCUT2D eigenvalue weighted by atomic mass is 10.1. The second-order valence-corrected chi connectivity index (χ2v) is 6.16. The molecule has 6 nitrogen and oxygen atoms in total. The van der Waals surface area contributed by atoms with E-state index in [4.69, 9.17) is 5.11 Å². The minimum absolute atomic E-state index is 0.0628. The average molecular weight is 319 g/mol. The van der Waals surface area contributed by atoms with E-state index in [1.165, 1.54) is 6.07 Å². The van der Waals surface area contributed by atoms with Crippen molar-refractivity contribution in [2.75, 3.05) is 17.2 Å². The largest absolute Gasteiger partial charge is 0.478 e. The Morgan fingerprint density at radius 1 is 1.43 bits per heavy atom. The zero-order valence-corrected chi connectivity index (χ0v) is 11.4. The predicted molar refractivity (Wildman–Crippen MR) is 68.7 cm³/mol. The first-order valence-corrected chi connectivity index (χ1v) is 7.48. The Bertz CT molecular complexity index is 704. The molecule has 1 heterocycles. The minimum Gasteiger partial charge on any atom is -0.478 e. The van der Waals surface area contributed by atoms with Crippen LogP contribution in [0.5, 0.6) is 0 Å². The topological polar surface area (TPSA) is 91.8 Å². The zero-order chi connectivity index (χ0) is 15.8. The van der Waals surface area contributed by atoms with Gasteiger partial charge in [0, 0.05) is 24.6 Å². The Morgan fingerprint density at radius 3 is 2.67 bits per heavy atom. The smallest absolute Gasteiger partial charge is 0.338 e. The highest BCUT2D eigenvalue weighted by atomic mass is 32.3. The fraction of sp³-hybridized carbons (Fsp3) is 0.333. The van der Waals surface area contributed by atoms with Crippen LogP contribution in [-0.4, -0.2) is 37.7 Å². The van der Waals surface area contributed by atoms with Crippen LogP contribution in [0.3, 0.4) is 0 Å². The SMILES string of the molecule is O=C(O)c1cc(N2CC(CS(=O)(=O)F)CC2=O)ccc1F. The first-order valence-electron chi connectivity index (χ1n) is 5.93. The number of carbonyl (C=O) groups is 2. The van der Waals surface area contributed by atoms with Gasteiger partial charge in [0.15, 0.2) is 0 Å². The maximum Gasteiger partial charge on any atom is 0.338 e. The number of anilines is 1. The molecular formula is C12H11F2NO5S. The van der Waals surface area contributed by atoms with Gasteiger partial charge in [-0.3, -0.25) is 4.79 Å². The number of carbonyl (C=O) groups excluding carboxylic acids is 1. The number of rotatable bonds is 4. The monoisotopic (exact) mass is 319 g/mol. The number of aromatic carboxylic acids is 1. The number of hydrogen-bond donors (Lipinski definition) is 1. The van der Waals surface area contributed by atoms with E-state index in [1.807, 2.05) is 0 Å². The Morgan fingerprint density at radius 2 is 2.10 bits per heavy atom. The summed E-state index contributed by atoms with van der Waals surface area (Å²) in [5.74, 6) is -4.38. The van der Waals surface area contributed by atoms with Gasteiger partial charge in [-0.15, -0.1) is 3.89 Å². The summed E-state index contributed by atoms with van der Waals surface area (Å²) in [6.45, 7) is -0.0628. The van der Waals surface area contributed by atoms with Gasteiger partial charge >= 0.3 is 16.2 Å². The van der Waals surface area contributed by atoms with Crippen LogP contribution in [0.4, 0.5) is 14.0 Å². The molecule has 0 saturated carbocycles. The summed E-state index contributed by atoms with van der Waals surface area (Å²) < 4.78 is 47.1. The second kappa shape index (κ2) is 5.40. The Hall–Kier alpha value is -2.03. The molecule has 1 aliphatic heterocycles. The molecule has 0 spiro atoms. The summed E-state index contributed by atoms with van der Waals surface area (Å²) in [5.41, 5.74) is -0.459. The van der Waals surface area contributed by atoms with Gasteiger partial charge in [0.2, 0.25) is 5.91 Å². The summed E-state index contributed by atoms with van der Waals surface area (Å²) in [4.78, 5) is 23.8. The maximum atomic E-state index is 13.3. The van der Waals surface area contributed by atoms with E-state index < -0.39 is 45.2 Å². The lowest BCUT2D eigenvalue weighted by Crippen LogP contribution is -2.25. The van der Waals surface area contributed by atoms with Crippen LogP contribution in [0.1, 0.15) is 16.8 Å². The Labute approximate surface area is 119 Å². The number of hydrogen-bond acceptors (Lipinski definition) is 4. The fourth-order valence-electron chi connectivity index (χ4n) is 2.27. The van der Waals surface area contributed by atoms with Crippen LogP contribution in [0.25, 0.3) is 0 Å². The van der Waals surface area contributed by atoms with Gasteiger partial charge in [-0.25, -0.2) is 9.18 Å². The molecule has 1 atom stereocenters. The highest BCUT2D eigenvalue weighted by molar-refractivity contribution is 7.86. The van der Waals surface area contributed by atoms with Crippen LogP contribution in [0.15, 0.2) is 18.2 Å². The number of carboxylic acids is 1. The number of carboxylic acid groups (broad SMARTS) is 1. The zero-order valence-electron chi connectivity index (χ0n) is 10.6. The van der Waals surface area contributed by atoms with Gasteiger partial charge in [0.25, 0.3) is 0 Å². The van der Waals surface area contributed by atoms with Gasteiger partial charge in [0.05, 0.1) is 11.3 Å². The number of nitrogens with zero attached hydrogens (tertiary/aromatic N) is 1. The third-order valence-electron chi connectivity index (χ3n) is 3.13. The standard InChI is InChI=1S/C12H11F2NO5S/c13-10-2-1-8(4-9(10)12(17)18)15-5-7(3-11(15)16)6-21(14,19)20/h1-2,4,7H,3,5-6H2,(H,17,18). The van der Waals surface area contributed by atoms with Gasteiger partial charge < -0.3 is 10.0 Å². The normalized spacial score (nSPS) is 19.0. The molecule has 114 valence electrons. The van der Waals surface area contributed by atoms with Crippen molar-refractivity contribution in [3.8, 4) is 0 Å². The highest BCUT2D eigenvalue weighted by Crippen LogP contribution is 2.27. The van der Waals surface area contributed by atoms with Gasteiger partial charge in [-0.1, -0.05) is 0 Å². The van der Waals surface area contributed by atoms with Crippen molar-refractivity contribution in [3.05, 3.63) is 29.6 Å². The molecule has 0 bridgehead atoms. The van der Waals surface area contributed by atoms with Crippen LogP contribution in [0, 0.1) is 11.7 Å². The third-order valence-corrected chi connectivity index (χ3v) is 4.00. The van der Waals surface area contributed by atoms with E-state index in [1.54, 1.807) is 0 Å². The third kappa shape index (κ3) is 3.54. The van der Waals surface area contributed by atoms with Crippen LogP contribution < -0.4 is 4.90 Å². The van der Waals surface area contributed by atoms with Crippen LogP contribution >= 0.6 is 0 Å². The van der Waals surface area contributed by atoms with Gasteiger partial charge in [0.1, 0.15) is 5.82 Å². The number of amides is 1. The van der Waals surface area contributed by atoms with Crippen molar-refractivity contribution in [2.24, 2.45) is 5.92 Å². The van der Waals surface area contributed by atoms with Crippen molar-refractivity contribution in [1.82, 2.24) is 0 Å².